The summed E-state index contributed by atoms with van der Waals surface area (Å²) in [6.07, 6.45) is 4.93. The summed E-state index contributed by atoms with van der Waals surface area (Å²) in [5, 5.41) is 16.1. The average Bonchev–Trinajstić information content (AvgIpc) is 3.79. The van der Waals surface area contributed by atoms with Gasteiger partial charge in [0.1, 0.15) is 5.82 Å². The van der Waals surface area contributed by atoms with Crippen LogP contribution in [0.2, 0.25) is 0 Å². The monoisotopic (exact) mass is 688 g/mol. The molecule has 0 unspecified atom stereocenters. The molecule has 8 nitrogen and oxygen atoms in total. The highest BCUT2D eigenvalue weighted by molar-refractivity contribution is 8.01. The van der Waals surface area contributed by atoms with E-state index in [4.69, 9.17) is 4.98 Å². The Hall–Kier alpha value is -4.45. The first-order chi connectivity index (χ1) is 23.5. The van der Waals surface area contributed by atoms with E-state index < -0.39 is 0 Å². The fourth-order valence-corrected chi connectivity index (χ4v) is 9.27. The van der Waals surface area contributed by atoms with Crippen LogP contribution in [-0.2, 0) is 31.1 Å². The Morgan fingerprint density at radius 3 is 2.60 bits per heavy atom. The zero-order valence-corrected chi connectivity index (χ0v) is 28.8. The van der Waals surface area contributed by atoms with Crippen molar-refractivity contribution in [2.45, 2.75) is 41.6 Å². The molecule has 7 aromatic rings. The molecular weight excluding hydrogens is 657 g/mol. The van der Waals surface area contributed by atoms with Crippen molar-refractivity contribution < 1.29 is 9.59 Å². The fraction of sp³-hybridized carbons (Fsp3) is 0.216. The molecule has 0 radical (unpaired) electrons. The number of nitrogens with zero attached hydrogens (tertiary/aromatic N) is 5. The molecule has 0 fully saturated rings. The van der Waals surface area contributed by atoms with Crippen LogP contribution in [0, 0.1) is 0 Å². The van der Waals surface area contributed by atoms with E-state index in [1.807, 2.05) is 52.6 Å². The molecule has 1 aliphatic rings. The van der Waals surface area contributed by atoms with E-state index in [2.05, 4.69) is 64.0 Å². The maximum atomic E-state index is 13.5. The van der Waals surface area contributed by atoms with Gasteiger partial charge in [0.05, 0.1) is 27.2 Å². The quantitative estimate of drug-likeness (QED) is 0.153. The molecule has 0 bridgehead atoms. The van der Waals surface area contributed by atoms with Gasteiger partial charge in [-0.1, -0.05) is 84.2 Å². The van der Waals surface area contributed by atoms with Gasteiger partial charge in [0, 0.05) is 30.2 Å². The summed E-state index contributed by atoms with van der Waals surface area (Å²) in [7, 11) is 1.94. The smallest absolute Gasteiger partial charge is 0.241 e. The molecule has 0 atom stereocenters. The molecule has 8 rings (SSSR count). The van der Waals surface area contributed by atoms with Crippen molar-refractivity contribution in [3.63, 3.8) is 0 Å². The maximum Gasteiger partial charge on any atom is 0.241 e. The molecule has 11 heteroatoms. The van der Waals surface area contributed by atoms with Crippen LogP contribution in [0.25, 0.3) is 31.9 Å². The number of anilines is 1. The van der Waals surface area contributed by atoms with Gasteiger partial charge >= 0.3 is 0 Å². The van der Waals surface area contributed by atoms with Crippen molar-refractivity contribution in [1.29, 1.82) is 0 Å². The molecule has 3 aromatic heterocycles. The number of carbonyl (C=O) groups excluding carboxylic acids is 2. The van der Waals surface area contributed by atoms with Gasteiger partial charge in [-0.2, -0.15) is 0 Å². The minimum Gasteiger partial charge on any atom is -0.325 e. The van der Waals surface area contributed by atoms with Crippen molar-refractivity contribution in [3.8, 4) is 0 Å². The van der Waals surface area contributed by atoms with Crippen LogP contribution in [0.3, 0.4) is 0 Å². The van der Waals surface area contributed by atoms with Gasteiger partial charge in [-0.15, -0.1) is 21.5 Å². The van der Waals surface area contributed by atoms with E-state index >= 15 is 0 Å². The Morgan fingerprint density at radius 1 is 0.875 bits per heavy atom. The van der Waals surface area contributed by atoms with Crippen LogP contribution in [0.1, 0.15) is 40.3 Å². The first-order valence-corrected chi connectivity index (χ1v) is 18.8. The molecule has 1 aliphatic carbocycles. The number of hydrogen-bond donors (Lipinski definition) is 1. The summed E-state index contributed by atoms with van der Waals surface area (Å²) in [6.45, 7) is 0. The number of fused-ring (bicyclic) bond motifs is 5. The molecule has 48 heavy (non-hydrogen) atoms. The van der Waals surface area contributed by atoms with Crippen molar-refractivity contribution in [3.05, 3.63) is 108 Å². The highest BCUT2D eigenvalue weighted by atomic mass is 32.2. The highest BCUT2D eigenvalue weighted by Gasteiger charge is 2.23. The number of nitrogens with one attached hydrogen (secondary N) is 1. The number of para-hydroxylation sites is 1. The first-order valence-electron chi connectivity index (χ1n) is 16.0. The van der Waals surface area contributed by atoms with Crippen molar-refractivity contribution in [2.75, 3.05) is 16.8 Å². The summed E-state index contributed by atoms with van der Waals surface area (Å²) in [4.78, 5) is 31.2. The molecule has 0 saturated heterocycles. The van der Waals surface area contributed by atoms with Crippen LogP contribution >= 0.6 is 34.9 Å². The zero-order valence-electron chi connectivity index (χ0n) is 26.3. The van der Waals surface area contributed by atoms with Crippen LogP contribution in [0.4, 0.5) is 5.69 Å². The number of aryl methyl sites for hydroxylation is 1. The Labute approximate surface area is 290 Å². The normalized spacial score (nSPS) is 12.9. The van der Waals surface area contributed by atoms with E-state index in [0.717, 1.165) is 45.2 Å². The lowest BCUT2D eigenvalue weighted by Gasteiger charge is -2.14. The third-order valence-corrected chi connectivity index (χ3v) is 12.1. The Bertz CT molecular complexity index is 2330. The van der Waals surface area contributed by atoms with Crippen LogP contribution in [-0.4, -0.2) is 47.6 Å². The molecule has 3 heterocycles. The number of benzene rings is 4. The van der Waals surface area contributed by atoms with Crippen LogP contribution in [0.15, 0.2) is 94.4 Å². The van der Waals surface area contributed by atoms with Gasteiger partial charge in [0.2, 0.25) is 11.8 Å². The number of thioether (sulfide) groups is 2. The second kappa shape index (κ2) is 13.2. The van der Waals surface area contributed by atoms with Gasteiger partial charge in [-0.05, 0) is 71.8 Å². The number of rotatable bonds is 9. The van der Waals surface area contributed by atoms with E-state index in [1.165, 1.54) is 74.3 Å². The molecular formula is C37H32N6O2S3. The fourth-order valence-electron chi connectivity index (χ4n) is 6.58. The minimum absolute atomic E-state index is 0.0904. The zero-order chi connectivity index (χ0) is 32.6. The molecule has 4 aromatic carbocycles. The Balaban J connectivity index is 0.891. The number of thiazole rings is 1. The van der Waals surface area contributed by atoms with Gasteiger partial charge in [-0.3, -0.25) is 14.2 Å². The van der Waals surface area contributed by atoms with E-state index in [1.54, 1.807) is 0 Å². The average molecular weight is 689 g/mol. The van der Waals surface area contributed by atoms with Gasteiger partial charge < -0.3 is 9.88 Å². The molecule has 1 amide bonds. The highest BCUT2D eigenvalue weighted by Crippen LogP contribution is 2.35. The second-order valence-electron chi connectivity index (χ2n) is 11.9. The third kappa shape index (κ3) is 6.02. The van der Waals surface area contributed by atoms with E-state index in [9.17, 15) is 9.59 Å². The number of carbonyl (C=O) groups is 2. The largest absolute Gasteiger partial charge is 0.325 e. The summed E-state index contributed by atoms with van der Waals surface area (Å²) < 4.78 is 5.71. The molecule has 1 N–H and O–H groups in total. The lowest BCUT2D eigenvalue weighted by molar-refractivity contribution is -0.113. The molecule has 240 valence electrons. The first kappa shape index (κ1) is 30.9. The van der Waals surface area contributed by atoms with Gasteiger partial charge in [0.25, 0.3) is 0 Å². The Morgan fingerprint density at radius 2 is 1.69 bits per heavy atom. The lowest BCUT2D eigenvalue weighted by Crippen LogP contribution is -2.18. The summed E-state index contributed by atoms with van der Waals surface area (Å²) in [5.74, 6) is 1.35. The lowest BCUT2D eigenvalue weighted by atomic mass is 9.96. The van der Waals surface area contributed by atoms with E-state index in [0.29, 0.717) is 23.0 Å². The second-order valence-corrected chi connectivity index (χ2v) is 15.1. The van der Waals surface area contributed by atoms with Gasteiger partial charge in [0.15, 0.2) is 9.50 Å². The Kier molecular flexibility index (Phi) is 8.50. The third-order valence-electron chi connectivity index (χ3n) is 8.89. The topological polar surface area (TPSA) is 94.7 Å². The standard InChI is InChI=1S/C37H32N6O2S3/c1-42-33(19-24-11-8-10-23-9-2-3-12-26(23)24)40-41-36(42)46-21-34(44)38-25-17-18-29-32(20-25)48-37(39-29)47-22-35(45)43-30-15-6-4-13-27(30)28-14-5-7-16-31(28)43/h2-4,6,8-13,15,17-18,20H,5,7,14,16,19,21-22H2,1H3,(H,38,44). The van der Waals surface area contributed by atoms with Crippen LogP contribution in [0.5, 0.6) is 0 Å². The predicted molar refractivity (Wildman–Crippen MR) is 197 cm³/mol. The van der Waals surface area contributed by atoms with Crippen molar-refractivity contribution in [2.24, 2.45) is 7.05 Å². The number of amides is 1. The molecule has 0 aliphatic heterocycles. The maximum absolute atomic E-state index is 13.5. The molecule has 0 saturated carbocycles. The number of hydrogen-bond acceptors (Lipinski definition) is 8. The molecule has 0 spiro atoms. The van der Waals surface area contributed by atoms with Crippen molar-refractivity contribution in [1.82, 2.24) is 24.3 Å². The summed E-state index contributed by atoms with van der Waals surface area (Å²) in [5.41, 5.74) is 6.28. The van der Waals surface area contributed by atoms with Crippen LogP contribution < -0.4 is 5.32 Å². The predicted octanol–water partition coefficient (Wildman–Crippen LogP) is 8.17. The number of aromatic nitrogens is 5. The van der Waals surface area contributed by atoms with Gasteiger partial charge in [-0.25, -0.2) is 4.98 Å². The van der Waals surface area contributed by atoms with E-state index in [-0.39, 0.29) is 17.6 Å². The summed E-state index contributed by atoms with van der Waals surface area (Å²) in [6, 6.07) is 28.6. The SMILES string of the molecule is Cn1c(Cc2cccc3ccccc23)nnc1SCC(=O)Nc1ccc2nc(SCC(=O)n3c4c(c5ccccc53)CCCC4)sc2c1. The van der Waals surface area contributed by atoms with Crippen molar-refractivity contribution >= 4 is 84.3 Å². The minimum atomic E-state index is -0.120. The summed E-state index contributed by atoms with van der Waals surface area (Å²) >= 11 is 4.38.